The van der Waals surface area contributed by atoms with Gasteiger partial charge in [0.2, 0.25) is 0 Å². The van der Waals surface area contributed by atoms with Gasteiger partial charge in [0.15, 0.2) is 0 Å². The van der Waals surface area contributed by atoms with E-state index in [1.54, 1.807) is 0 Å². The molecule has 3 nitrogen and oxygen atoms in total. The normalized spacial score (nSPS) is 35.4. The number of carbonyl (C=O) groups is 1. The minimum absolute atomic E-state index is 0.323. The minimum atomic E-state index is -0.323. The van der Waals surface area contributed by atoms with Crippen LogP contribution in [0.4, 0.5) is 10.5 Å². The molecule has 1 aromatic rings. The third-order valence-corrected chi connectivity index (χ3v) is 6.05. The molecular weight excluding hydrogens is 274 g/mol. The van der Waals surface area contributed by atoms with Gasteiger partial charge < -0.3 is 4.74 Å². The largest absolute Gasteiger partial charge is 0.449 e. The molecule has 0 heterocycles. The summed E-state index contributed by atoms with van der Waals surface area (Å²) < 4.78 is 5.43. The number of nitrogens with one attached hydrogen (secondary N) is 1. The zero-order valence-corrected chi connectivity index (χ0v) is 13.1. The maximum atomic E-state index is 11.9. The topological polar surface area (TPSA) is 38.3 Å². The number of hydrogen-bond acceptors (Lipinski definition) is 2. The first-order valence-electron chi connectivity index (χ1n) is 8.70. The lowest BCUT2D eigenvalue weighted by atomic mass is 9.49. The molecule has 4 fully saturated rings. The Morgan fingerprint density at radius 1 is 1.05 bits per heavy atom. The molecule has 0 aromatic heterocycles. The summed E-state index contributed by atoms with van der Waals surface area (Å²) in [5.41, 5.74) is 1.28. The Kier molecular flexibility index (Phi) is 3.59. The molecule has 4 saturated carbocycles. The third kappa shape index (κ3) is 2.86. The Hall–Kier alpha value is -1.51. The van der Waals surface area contributed by atoms with E-state index in [9.17, 15) is 4.79 Å². The van der Waals surface area contributed by atoms with E-state index >= 15 is 0 Å². The quantitative estimate of drug-likeness (QED) is 0.863. The van der Waals surface area contributed by atoms with Crippen LogP contribution in [0, 0.1) is 23.2 Å². The zero-order chi connectivity index (χ0) is 15.0. The molecule has 5 rings (SSSR count). The number of ether oxygens (including phenoxy) is 1. The molecule has 0 saturated heterocycles. The predicted octanol–water partition coefficient (Wildman–Crippen LogP) is 4.84. The lowest BCUT2D eigenvalue weighted by molar-refractivity contribution is -0.0639. The lowest BCUT2D eigenvalue weighted by Gasteiger charge is -2.57. The van der Waals surface area contributed by atoms with E-state index in [2.05, 4.69) is 5.32 Å². The summed E-state index contributed by atoms with van der Waals surface area (Å²) in [6.07, 6.45) is 9.26. The third-order valence-electron chi connectivity index (χ3n) is 6.05. The van der Waals surface area contributed by atoms with Gasteiger partial charge in [0.1, 0.15) is 0 Å². The van der Waals surface area contributed by atoms with E-state index in [4.69, 9.17) is 4.74 Å². The van der Waals surface area contributed by atoms with Crippen LogP contribution in [0.3, 0.4) is 0 Å². The Morgan fingerprint density at radius 2 is 1.64 bits per heavy atom. The first kappa shape index (κ1) is 14.1. The standard InChI is InChI=1S/C19H25NO2/c21-18(20-17-4-2-1-3-5-17)22-7-6-19-11-14-8-15(12-19)10-16(9-14)13-19/h1-5,14-16H,6-13H2,(H,20,21). The second-order valence-corrected chi connectivity index (χ2v) is 7.79. The van der Waals surface area contributed by atoms with Crippen molar-refractivity contribution < 1.29 is 9.53 Å². The molecular formula is C19H25NO2. The van der Waals surface area contributed by atoms with Crippen molar-refractivity contribution in [1.82, 2.24) is 0 Å². The summed E-state index contributed by atoms with van der Waals surface area (Å²) in [5, 5.41) is 2.79. The molecule has 0 radical (unpaired) electrons. The fraction of sp³-hybridized carbons (Fsp3) is 0.632. The van der Waals surface area contributed by atoms with Gasteiger partial charge in [-0.2, -0.15) is 0 Å². The molecule has 4 aliphatic rings. The number of hydrogen-bond donors (Lipinski definition) is 1. The second-order valence-electron chi connectivity index (χ2n) is 7.79. The molecule has 3 heteroatoms. The molecule has 0 atom stereocenters. The Labute approximate surface area is 132 Å². The van der Waals surface area contributed by atoms with E-state index in [0.717, 1.165) is 29.9 Å². The second kappa shape index (κ2) is 5.60. The summed E-state index contributed by atoms with van der Waals surface area (Å²) in [6, 6.07) is 9.50. The molecule has 0 aliphatic heterocycles. The van der Waals surface area contributed by atoms with E-state index in [1.165, 1.54) is 38.5 Å². The van der Waals surface area contributed by atoms with Crippen LogP contribution < -0.4 is 5.32 Å². The van der Waals surface area contributed by atoms with Gasteiger partial charge in [0.25, 0.3) is 0 Å². The summed E-state index contributed by atoms with van der Waals surface area (Å²) in [5.74, 6) is 2.89. The van der Waals surface area contributed by atoms with Crippen LogP contribution in [-0.4, -0.2) is 12.7 Å². The minimum Gasteiger partial charge on any atom is -0.449 e. The number of anilines is 1. The Morgan fingerprint density at radius 3 is 2.23 bits per heavy atom. The molecule has 1 aromatic carbocycles. The fourth-order valence-corrected chi connectivity index (χ4v) is 5.63. The average molecular weight is 299 g/mol. The molecule has 22 heavy (non-hydrogen) atoms. The first-order chi connectivity index (χ1) is 10.7. The van der Waals surface area contributed by atoms with Crippen LogP contribution in [-0.2, 0) is 4.74 Å². The van der Waals surface area contributed by atoms with Gasteiger partial charge in [0, 0.05) is 5.69 Å². The van der Waals surface area contributed by atoms with E-state index in [0.29, 0.717) is 12.0 Å². The number of amides is 1. The van der Waals surface area contributed by atoms with Crippen molar-refractivity contribution >= 4 is 11.8 Å². The van der Waals surface area contributed by atoms with E-state index in [-0.39, 0.29) is 6.09 Å². The highest BCUT2D eigenvalue weighted by atomic mass is 16.5. The Bertz CT molecular complexity index is 504. The zero-order valence-electron chi connectivity index (χ0n) is 13.1. The highest BCUT2D eigenvalue weighted by Crippen LogP contribution is 2.61. The smallest absolute Gasteiger partial charge is 0.411 e. The van der Waals surface area contributed by atoms with Crippen LogP contribution in [0.2, 0.25) is 0 Å². The van der Waals surface area contributed by atoms with Crippen molar-refractivity contribution in [3.05, 3.63) is 30.3 Å². The van der Waals surface area contributed by atoms with Gasteiger partial charge in [-0.25, -0.2) is 4.79 Å². The predicted molar refractivity (Wildman–Crippen MR) is 86.6 cm³/mol. The SMILES string of the molecule is O=C(Nc1ccccc1)OCCC12CC3CC(CC(C3)C1)C2. The highest BCUT2D eigenvalue weighted by Gasteiger charge is 2.50. The molecule has 0 spiro atoms. The van der Waals surface area contributed by atoms with Crippen molar-refractivity contribution in [1.29, 1.82) is 0 Å². The van der Waals surface area contributed by atoms with Crippen LogP contribution in [0.1, 0.15) is 44.9 Å². The maximum Gasteiger partial charge on any atom is 0.411 e. The van der Waals surface area contributed by atoms with Gasteiger partial charge in [-0.05, 0) is 80.2 Å². The summed E-state index contributed by atoms with van der Waals surface area (Å²) in [6.45, 7) is 0.560. The van der Waals surface area contributed by atoms with Crippen LogP contribution in [0.25, 0.3) is 0 Å². The van der Waals surface area contributed by atoms with Crippen molar-refractivity contribution in [2.75, 3.05) is 11.9 Å². The molecule has 0 unspecified atom stereocenters. The van der Waals surface area contributed by atoms with Gasteiger partial charge >= 0.3 is 6.09 Å². The van der Waals surface area contributed by atoms with Gasteiger partial charge in [-0.1, -0.05) is 18.2 Å². The summed E-state index contributed by atoms with van der Waals surface area (Å²) in [4.78, 5) is 11.9. The van der Waals surface area contributed by atoms with Gasteiger partial charge in [0.05, 0.1) is 6.61 Å². The molecule has 1 N–H and O–H groups in total. The van der Waals surface area contributed by atoms with Crippen molar-refractivity contribution in [2.24, 2.45) is 23.2 Å². The van der Waals surface area contributed by atoms with Crippen molar-refractivity contribution in [3.8, 4) is 0 Å². The van der Waals surface area contributed by atoms with Crippen molar-refractivity contribution in [3.63, 3.8) is 0 Å². The lowest BCUT2D eigenvalue weighted by Crippen LogP contribution is -2.46. The summed E-state index contributed by atoms with van der Waals surface area (Å²) in [7, 11) is 0. The first-order valence-corrected chi connectivity index (χ1v) is 8.70. The maximum absolute atomic E-state index is 11.9. The fourth-order valence-electron chi connectivity index (χ4n) is 5.63. The number of carbonyl (C=O) groups excluding carboxylic acids is 1. The van der Waals surface area contributed by atoms with Crippen LogP contribution in [0.15, 0.2) is 30.3 Å². The number of benzene rings is 1. The number of rotatable bonds is 4. The molecule has 4 aliphatic carbocycles. The molecule has 4 bridgehead atoms. The highest BCUT2D eigenvalue weighted by molar-refractivity contribution is 5.84. The van der Waals surface area contributed by atoms with E-state index in [1.807, 2.05) is 30.3 Å². The van der Waals surface area contributed by atoms with Crippen LogP contribution >= 0.6 is 0 Å². The van der Waals surface area contributed by atoms with Gasteiger partial charge in [-0.15, -0.1) is 0 Å². The average Bonchev–Trinajstić information content (AvgIpc) is 2.46. The van der Waals surface area contributed by atoms with Gasteiger partial charge in [-0.3, -0.25) is 5.32 Å². The van der Waals surface area contributed by atoms with E-state index < -0.39 is 0 Å². The molecule has 1 amide bonds. The van der Waals surface area contributed by atoms with Crippen LogP contribution in [0.5, 0.6) is 0 Å². The Balaban J connectivity index is 1.27. The molecule has 118 valence electrons. The monoisotopic (exact) mass is 299 g/mol. The summed E-state index contributed by atoms with van der Waals surface area (Å²) >= 11 is 0. The number of para-hydroxylation sites is 1. The van der Waals surface area contributed by atoms with Crippen molar-refractivity contribution in [2.45, 2.75) is 44.9 Å².